The van der Waals surface area contributed by atoms with Gasteiger partial charge in [0.05, 0.1) is 22.3 Å². The number of nitrogens with zero attached hydrogens (tertiary/aromatic N) is 3. The first kappa shape index (κ1) is 20.0. The Morgan fingerprint density at radius 1 is 0.676 bits per heavy atom. The van der Waals surface area contributed by atoms with Crippen LogP contribution in [0, 0.1) is 6.92 Å². The minimum absolute atomic E-state index is 0.389. The van der Waals surface area contributed by atoms with Crippen molar-refractivity contribution < 1.29 is 4.42 Å². The van der Waals surface area contributed by atoms with Crippen LogP contribution in [-0.4, -0.2) is 15.0 Å². The Kier molecular flexibility index (Phi) is 4.73. The molecule has 0 unspecified atom stereocenters. The number of aryl methyl sites for hydroxylation is 1. The van der Waals surface area contributed by atoms with Crippen LogP contribution in [-0.2, 0) is 0 Å². The number of benzene rings is 3. The molecule has 34 heavy (non-hydrogen) atoms. The van der Waals surface area contributed by atoms with Gasteiger partial charge in [0, 0.05) is 28.9 Å². The maximum Gasteiger partial charge on any atom is 0.346 e. The fraction of sp³-hybridized carbons (Fsp3) is 0.0345. The second-order valence-corrected chi connectivity index (χ2v) is 8.15. The Balaban J connectivity index is 1.79. The number of rotatable bonds is 3. The van der Waals surface area contributed by atoms with Crippen molar-refractivity contribution in [3.8, 4) is 33.6 Å². The van der Waals surface area contributed by atoms with Gasteiger partial charge >= 0.3 is 5.63 Å². The molecule has 0 saturated heterocycles. The molecule has 0 N–H and O–H groups in total. The van der Waals surface area contributed by atoms with E-state index < -0.39 is 5.63 Å². The Bertz CT molecular complexity index is 1730. The highest BCUT2D eigenvalue weighted by atomic mass is 16.4. The summed E-state index contributed by atoms with van der Waals surface area (Å²) < 4.78 is 5.85. The molecule has 0 atom stereocenters. The predicted molar refractivity (Wildman–Crippen MR) is 134 cm³/mol. The third kappa shape index (κ3) is 3.35. The number of hydrogen-bond acceptors (Lipinski definition) is 5. The molecule has 6 rings (SSSR count). The molecule has 0 aliphatic rings. The third-order valence-electron chi connectivity index (χ3n) is 5.89. The van der Waals surface area contributed by atoms with Crippen LogP contribution in [0.5, 0.6) is 0 Å². The lowest BCUT2D eigenvalue weighted by molar-refractivity contribution is 0.563. The lowest BCUT2D eigenvalue weighted by atomic mass is 9.93. The van der Waals surface area contributed by atoms with E-state index in [9.17, 15) is 4.79 Å². The molecular weight excluding hydrogens is 422 g/mol. The first-order valence-corrected chi connectivity index (χ1v) is 11.0. The zero-order valence-corrected chi connectivity index (χ0v) is 18.4. The molecule has 162 valence electrons. The molecule has 5 heteroatoms. The van der Waals surface area contributed by atoms with Gasteiger partial charge in [-0.15, -0.1) is 0 Å². The summed E-state index contributed by atoms with van der Waals surface area (Å²) in [6.07, 6.45) is 3.44. The van der Waals surface area contributed by atoms with Gasteiger partial charge in [-0.1, -0.05) is 54.6 Å². The smallest absolute Gasteiger partial charge is 0.346 e. The van der Waals surface area contributed by atoms with Crippen molar-refractivity contribution in [3.63, 3.8) is 0 Å². The molecular formula is C29H19N3O2. The van der Waals surface area contributed by atoms with Gasteiger partial charge in [-0.3, -0.25) is 4.98 Å². The Morgan fingerprint density at radius 2 is 1.35 bits per heavy atom. The largest absolute Gasteiger partial charge is 0.422 e. The van der Waals surface area contributed by atoms with E-state index in [1.807, 2.05) is 91.9 Å². The molecule has 0 amide bonds. The van der Waals surface area contributed by atoms with E-state index in [0.717, 1.165) is 33.2 Å². The number of aromatic nitrogens is 3. The molecule has 0 aliphatic heterocycles. The monoisotopic (exact) mass is 441 g/mol. The van der Waals surface area contributed by atoms with Crippen molar-refractivity contribution in [1.82, 2.24) is 15.0 Å². The quantitative estimate of drug-likeness (QED) is 0.296. The first-order valence-electron chi connectivity index (χ1n) is 11.0. The standard InChI is InChI=1S/C29H19N3O2/c1-18-11-12-21-24(17-18)34-29(33)26(25(21)19-13-15-30-16-14-19)28-27(20-7-3-2-4-8-20)31-22-9-5-6-10-23(22)32-28/h2-17H,1H3. The SMILES string of the molecule is Cc1ccc2c(-c3ccncc3)c(-c3nc4ccccc4nc3-c3ccccc3)c(=O)oc2c1. The van der Waals surface area contributed by atoms with Gasteiger partial charge in [0.25, 0.3) is 0 Å². The second kappa shape index (κ2) is 8.05. The van der Waals surface area contributed by atoms with Crippen LogP contribution < -0.4 is 5.63 Å². The van der Waals surface area contributed by atoms with Crippen LogP contribution >= 0.6 is 0 Å². The Hall–Kier alpha value is -4.64. The molecule has 0 fully saturated rings. The van der Waals surface area contributed by atoms with Crippen LogP contribution in [0.1, 0.15) is 5.56 Å². The molecule has 0 spiro atoms. The molecule has 0 saturated carbocycles. The summed E-state index contributed by atoms with van der Waals surface area (Å²) in [5.41, 5.74) is 6.58. The van der Waals surface area contributed by atoms with Gasteiger partial charge < -0.3 is 4.42 Å². The minimum Gasteiger partial charge on any atom is -0.422 e. The molecule has 3 heterocycles. The fourth-order valence-corrected chi connectivity index (χ4v) is 4.31. The zero-order valence-electron chi connectivity index (χ0n) is 18.4. The van der Waals surface area contributed by atoms with E-state index in [-0.39, 0.29) is 0 Å². The highest BCUT2D eigenvalue weighted by Gasteiger charge is 2.23. The van der Waals surface area contributed by atoms with E-state index in [0.29, 0.717) is 28.1 Å². The van der Waals surface area contributed by atoms with Gasteiger partial charge in [-0.05, 0) is 48.4 Å². The number of fused-ring (bicyclic) bond motifs is 2. The lowest BCUT2D eigenvalue weighted by Crippen LogP contribution is -2.09. The first-order chi connectivity index (χ1) is 16.7. The van der Waals surface area contributed by atoms with E-state index in [2.05, 4.69) is 4.98 Å². The van der Waals surface area contributed by atoms with Crippen molar-refractivity contribution in [1.29, 1.82) is 0 Å². The Morgan fingerprint density at radius 3 is 2.09 bits per heavy atom. The van der Waals surface area contributed by atoms with E-state index >= 15 is 0 Å². The van der Waals surface area contributed by atoms with Gasteiger partial charge in [0.15, 0.2) is 0 Å². The van der Waals surface area contributed by atoms with Gasteiger partial charge in [-0.2, -0.15) is 0 Å². The normalized spacial score (nSPS) is 11.2. The zero-order chi connectivity index (χ0) is 23.1. The number of hydrogen-bond donors (Lipinski definition) is 0. The lowest BCUT2D eigenvalue weighted by Gasteiger charge is -2.15. The van der Waals surface area contributed by atoms with Crippen LogP contribution in [0.4, 0.5) is 0 Å². The van der Waals surface area contributed by atoms with Crippen LogP contribution in [0.2, 0.25) is 0 Å². The highest BCUT2D eigenvalue weighted by molar-refractivity contribution is 6.03. The maximum atomic E-state index is 13.6. The van der Waals surface area contributed by atoms with Crippen molar-refractivity contribution in [2.24, 2.45) is 0 Å². The summed E-state index contributed by atoms with van der Waals surface area (Å²) in [6.45, 7) is 1.97. The van der Waals surface area contributed by atoms with E-state index in [1.54, 1.807) is 12.4 Å². The van der Waals surface area contributed by atoms with Gasteiger partial charge in [0.2, 0.25) is 0 Å². The van der Waals surface area contributed by atoms with Gasteiger partial charge in [-0.25, -0.2) is 14.8 Å². The molecule has 0 radical (unpaired) electrons. The number of para-hydroxylation sites is 2. The highest BCUT2D eigenvalue weighted by Crippen LogP contribution is 2.39. The fourth-order valence-electron chi connectivity index (χ4n) is 4.31. The van der Waals surface area contributed by atoms with Crippen molar-refractivity contribution >= 4 is 22.0 Å². The maximum absolute atomic E-state index is 13.6. The summed E-state index contributed by atoms with van der Waals surface area (Å²) in [5, 5.41) is 0.834. The van der Waals surface area contributed by atoms with Crippen LogP contribution in [0.25, 0.3) is 55.6 Å². The van der Waals surface area contributed by atoms with Gasteiger partial charge in [0.1, 0.15) is 11.3 Å². The average molecular weight is 441 g/mol. The van der Waals surface area contributed by atoms with Crippen molar-refractivity contribution in [2.45, 2.75) is 6.92 Å². The minimum atomic E-state index is -0.452. The third-order valence-corrected chi connectivity index (χ3v) is 5.89. The summed E-state index contributed by atoms with van der Waals surface area (Å²) in [6, 6.07) is 27.2. The van der Waals surface area contributed by atoms with Crippen LogP contribution in [0.3, 0.4) is 0 Å². The summed E-state index contributed by atoms with van der Waals surface area (Å²) in [7, 11) is 0. The van der Waals surface area contributed by atoms with E-state index in [4.69, 9.17) is 14.4 Å². The van der Waals surface area contributed by atoms with Crippen LogP contribution in [0.15, 0.2) is 107 Å². The summed E-state index contributed by atoms with van der Waals surface area (Å²) in [5.74, 6) is 0. The molecule has 0 bridgehead atoms. The van der Waals surface area contributed by atoms with Crippen molar-refractivity contribution in [2.75, 3.05) is 0 Å². The molecule has 5 nitrogen and oxygen atoms in total. The average Bonchev–Trinajstić information content (AvgIpc) is 2.88. The predicted octanol–water partition coefficient (Wildman–Crippen LogP) is 6.44. The summed E-state index contributed by atoms with van der Waals surface area (Å²) in [4.78, 5) is 27.7. The topological polar surface area (TPSA) is 68.9 Å². The second-order valence-electron chi connectivity index (χ2n) is 8.15. The van der Waals surface area contributed by atoms with E-state index in [1.165, 1.54) is 0 Å². The Labute approximate surface area is 195 Å². The van der Waals surface area contributed by atoms with Crippen molar-refractivity contribution in [3.05, 3.63) is 113 Å². The molecule has 0 aliphatic carbocycles. The summed E-state index contributed by atoms with van der Waals surface area (Å²) >= 11 is 0. The molecule has 3 aromatic heterocycles. The molecule has 3 aromatic carbocycles. The number of pyridine rings is 1. The molecule has 6 aromatic rings.